The van der Waals surface area contributed by atoms with Crippen LogP contribution in [0, 0.1) is 6.92 Å². The van der Waals surface area contributed by atoms with Gasteiger partial charge in [-0.1, -0.05) is 17.7 Å². The molecule has 0 spiro atoms. The molecule has 0 aromatic heterocycles. The van der Waals surface area contributed by atoms with Crippen LogP contribution in [0.3, 0.4) is 0 Å². The molecule has 2 radical (unpaired) electrons. The standard InChI is InChI=1S/C10H12ClNO3S/c1-8-3-4-9(11)10(7-8)15-5-2-6-16(12,13)14/h1,3-4,7H,2,5-6H2,(H2,12,13,14). The molecular formula is C10H12ClNO3S. The molecule has 88 valence electrons. The Morgan fingerprint density at radius 1 is 1.44 bits per heavy atom. The third-order valence-electron chi connectivity index (χ3n) is 1.79. The molecule has 1 aromatic rings. The van der Waals surface area contributed by atoms with Crippen LogP contribution in [0.5, 0.6) is 5.75 Å². The van der Waals surface area contributed by atoms with E-state index < -0.39 is 10.0 Å². The highest BCUT2D eigenvalue weighted by atomic mass is 35.5. The first-order valence-corrected chi connectivity index (χ1v) is 6.66. The first-order valence-electron chi connectivity index (χ1n) is 4.57. The zero-order chi connectivity index (χ0) is 12.2. The van der Waals surface area contributed by atoms with Gasteiger partial charge in [0.15, 0.2) is 0 Å². The molecule has 6 heteroatoms. The van der Waals surface area contributed by atoms with E-state index in [2.05, 4.69) is 0 Å². The van der Waals surface area contributed by atoms with Crippen LogP contribution < -0.4 is 9.88 Å². The molecule has 0 atom stereocenters. The van der Waals surface area contributed by atoms with E-state index in [0.717, 1.165) is 0 Å². The van der Waals surface area contributed by atoms with Crippen LogP contribution in [0.25, 0.3) is 0 Å². The fourth-order valence-corrected chi connectivity index (χ4v) is 1.77. The summed E-state index contributed by atoms with van der Waals surface area (Å²) >= 11 is 5.84. The molecule has 2 N–H and O–H groups in total. The van der Waals surface area contributed by atoms with Gasteiger partial charge in [0.2, 0.25) is 10.0 Å². The van der Waals surface area contributed by atoms with Crippen molar-refractivity contribution in [1.82, 2.24) is 0 Å². The lowest BCUT2D eigenvalue weighted by Gasteiger charge is -2.08. The molecule has 0 aliphatic rings. The minimum absolute atomic E-state index is 0.118. The van der Waals surface area contributed by atoms with Gasteiger partial charge in [-0.15, -0.1) is 0 Å². The van der Waals surface area contributed by atoms with Crippen LogP contribution in [0.2, 0.25) is 5.02 Å². The maximum atomic E-state index is 10.6. The number of sulfonamides is 1. The van der Waals surface area contributed by atoms with Gasteiger partial charge in [-0.25, -0.2) is 13.6 Å². The molecule has 0 amide bonds. The molecule has 0 unspecified atom stereocenters. The minimum atomic E-state index is -3.43. The summed E-state index contributed by atoms with van der Waals surface area (Å²) in [5, 5.41) is 5.27. The second-order valence-corrected chi connectivity index (χ2v) is 5.40. The van der Waals surface area contributed by atoms with Crippen LogP contribution in [0.4, 0.5) is 0 Å². The maximum Gasteiger partial charge on any atom is 0.209 e. The Balaban J connectivity index is 2.46. The maximum absolute atomic E-state index is 10.6. The summed E-state index contributed by atoms with van der Waals surface area (Å²) in [6.45, 7) is 5.77. The highest BCUT2D eigenvalue weighted by Gasteiger charge is 2.04. The summed E-state index contributed by atoms with van der Waals surface area (Å²) in [4.78, 5) is 0. The minimum Gasteiger partial charge on any atom is -0.492 e. The van der Waals surface area contributed by atoms with Gasteiger partial charge in [-0.3, -0.25) is 0 Å². The Labute approximate surface area is 100 Å². The second-order valence-electron chi connectivity index (χ2n) is 3.26. The third-order valence-corrected chi connectivity index (χ3v) is 2.96. The fourth-order valence-electron chi connectivity index (χ4n) is 1.07. The van der Waals surface area contributed by atoms with Crippen molar-refractivity contribution in [2.24, 2.45) is 5.14 Å². The molecular weight excluding hydrogens is 250 g/mol. The zero-order valence-corrected chi connectivity index (χ0v) is 10.1. The quantitative estimate of drug-likeness (QED) is 0.816. The van der Waals surface area contributed by atoms with Gasteiger partial charge >= 0.3 is 0 Å². The molecule has 0 aliphatic carbocycles. The van der Waals surface area contributed by atoms with E-state index in [4.69, 9.17) is 28.4 Å². The fraction of sp³-hybridized carbons (Fsp3) is 0.300. The van der Waals surface area contributed by atoms with E-state index in [1.165, 1.54) is 0 Å². The zero-order valence-electron chi connectivity index (χ0n) is 8.52. The van der Waals surface area contributed by atoms with Crippen molar-refractivity contribution in [1.29, 1.82) is 0 Å². The van der Waals surface area contributed by atoms with Crippen LogP contribution in [-0.2, 0) is 10.0 Å². The summed E-state index contributed by atoms with van der Waals surface area (Å²) in [6, 6.07) is 4.85. The predicted octanol–water partition coefficient (Wildman–Crippen LogP) is 1.46. The first-order chi connectivity index (χ1) is 7.38. The van der Waals surface area contributed by atoms with Crippen molar-refractivity contribution >= 4 is 21.6 Å². The Bertz CT molecular complexity index is 459. The van der Waals surface area contributed by atoms with Crippen molar-refractivity contribution < 1.29 is 13.2 Å². The highest BCUT2D eigenvalue weighted by Crippen LogP contribution is 2.25. The first kappa shape index (κ1) is 13.3. The van der Waals surface area contributed by atoms with Crippen molar-refractivity contribution in [3.05, 3.63) is 35.7 Å². The Hall–Kier alpha value is -0.780. The number of hydrogen-bond donors (Lipinski definition) is 1. The Morgan fingerprint density at radius 3 is 2.75 bits per heavy atom. The second kappa shape index (κ2) is 5.52. The van der Waals surface area contributed by atoms with Crippen molar-refractivity contribution in [2.45, 2.75) is 6.42 Å². The summed E-state index contributed by atoms with van der Waals surface area (Å²) in [6.07, 6.45) is 0.309. The van der Waals surface area contributed by atoms with Crippen LogP contribution >= 0.6 is 11.6 Å². The van der Waals surface area contributed by atoms with Gasteiger partial charge in [-0.05, 0) is 31.0 Å². The summed E-state index contributed by atoms with van der Waals surface area (Å²) in [7, 11) is -3.43. The van der Waals surface area contributed by atoms with Crippen molar-refractivity contribution in [2.75, 3.05) is 12.4 Å². The van der Waals surface area contributed by atoms with E-state index in [1.54, 1.807) is 18.2 Å². The topological polar surface area (TPSA) is 69.4 Å². The number of hydrogen-bond acceptors (Lipinski definition) is 3. The molecule has 0 saturated heterocycles. The van der Waals surface area contributed by atoms with Gasteiger partial charge in [0.05, 0.1) is 17.4 Å². The number of benzene rings is 1. The van der Waals surface area contributed by atoms with Crippen molar-refractivity contribution in [3.8, 4) is 5.75 Å². The van der Waals surface area contributed by atoms with E-state index in [0.29, 0.717) is 22.8 Å². The van der Waals surface area contributed by atoms with Crippen molar-refractivity contribution in [3.63, 3.8) is 0 Å². The number of ether oxygens (including phenoxy) is 1. The molecule has 16 heavy (non-hydrogen) atoms. The van der Waals surface area contributed by atoms with Gasteiger partial charge in [-0.2, -0.15) is 0 Å². The number of primary sulfonamides is 1. The molecule has 0 aliphatic heterocycles. The van der Waals surface area contributed by atoms with Gasteiger partial charge < -0.3 is 4.74 Å². The molecule has 0 bridgehead atoms. The van der Waals surface area contributed by atoms with E-state index in [-0.39, 0.29) is 12.4 Å². The predicted molar refractivity (Wildman–Crippen MR) is 62.9 cm³/mol. The van der Waals surface area contributed by atoms with Crippen LogP contribution in [-0.4, -0.2) is 20.8 Å². The largest absolute Gasteiger partial charge is 0.492 e. The van der Waals surface area contributed by atoms with Gasteiger partial charge in [0.25, 0.3) is 0 Å². The van der Waals surface area contributed by atoms with E-state index in [1.807, 2.05) is 0 Å². The average Bonchev–Trinajstić information content (AvgIpc) is 2.16. The lowest BCUT2D eigenvalue weighted by molar-refractivity contribution is 0.318. The average molecular weight is 262 g/mol. The van der Waals surface area contributed by atoms with E-state index in [9.17, 15) is 8.42 Å². The smallest absolute Gasteiger partial charge is 0.209 e. The lowest BCUT2D eigenvalue weighted by Crippen LogP contribution is -2.18. The van der Waals surface area contributed by atoms with Gasteiger partial charge in [0.1, 0.15) is 5.75 Å². The normalized spacial score (nSPS) is 11.4. The Morgan fingerprint density at radius 2 is 2.12 bits per heavy atom. The monoisotopic (exact) mass is 261 g/mol. The molecule has 0 fully saturated rings. The van der Waals surface area contributed by atoms with E-state index >= 15 is 0 Å². The summed E-state index contributed by atoms with van der Waals surface area (Å²) in [5.41, 5.74) is 0.533. The van der Waals surface area contributed by atoms with Crippen LogP contribution in [0.15, 0.2) is 18.2 Å². The molecule has 0 saturated carbocycles. The van der Waals surface area contributed by atoms with Crippen LogP contribution in [0.1, 0.15) is 12.0 Å². The molecule has 0 heterocycles. The number of rotatable bonds is 5. The molecule has 1 aromatic carbocycles. The third kappa shape index (κ3) is 4.83. The summed E-state index contributed by atoms with van der Waals surface area (Å²) in [5.74, 6) is 0.323. The molecule has 1 rings (SSSR count). The number of halogens is 1. The Kier molecular flexibility index (Phi) is 4.58. The highest BCUT2D eigenvalue weighted by molar-refractivity contribution is 7.89. The summed E-state index contributed by atoms with van der Waals surface area (Å²) < 4.78 is 26.6. The van der Waals surface area contributed by atoms with Gasteiger partial charge in [0, 0.05) is 0 Å². The lowest BCUT2D eigenvalue weighted by atomic mass is 10.2. The number of nitrogens with two attached hydrogens (primary N) is 1. The SMILES string of the molecule is [CH]c1ccc(Cl)c(OCCCS(N)(=O)=O)c1. The molecule has 4 nitrogen and oxygen atoms in total.